The van der Waals surface area contributed by atoms with Crippen molar-refractivity contribution in [1.29, 1.82) is 0 Å². The molecule has 0 bridgehead atoms. The van der Waals surface area contributed by atoms with E-state index in [1.54, 1.807) is 19.1 Å². The standard InChI is InChI=1S/C11H11NO2.C7H8O/c1-8-7-12(11(8)13)9-3-5-10(14-2)6-4-9;1-8-7-5-3-2-4-6-7/h3-6H,1,7H2,2H3;2-6H,1H3. The van der Waals surface area contributed by atoms with Gasteiger partial charge in [-0.2, -0.15) is 0 Å². The van der Waals surface area contributed by atoms with Gasteiger partial charge in [-0.15, -0.1) is 0 Å². The van der Waals surface area contributed by atoms with E-state index < -0.39 is 0 Å². The van der Waals surface area contributed by atoms with Crippen molar-refractivity contribution in [1.82, 2.24) is 0 Å². The van der Waals surface area contributed by atoms with Crippen LogP contribution < -0.4 is 14.4 Å². The van der Waals surface area contributed by atoms with Gasteiger partial charge in [0.1, 0.15) is 11.5 Å². The Balaban J connectivity index is 0.000000188. The smallest absolute Gasteiger partial charge is 0.255 e. The van der Waals surface area contributed by atoms with Gasteiger partial charge in [0.05, 0.1) is 20.8 Å². The minimum atomic E-state index is 0.00941. The highest BCUT2D eigenvalue weighted by atomic mass is 16.5. The summed E-state index contributed by atoms with van der Waals surface area (Å²) >= 11 is 0. The number of hydrogen-bond acceptors (Lipinski definition) is 3. The van der Waals surface area contributed by atoms with Crippen LogP contribution in [0.15, 0.2) is 66.7 Å². The SMILES string of the molecule is C=C1CN(c2ccc(OC)cc2)C1=O.COc1ccccc1. The molecule has 0 aliphatic carbocycles. The van der Waals surface area contributed by atoms with Gasteiger partial charge in [0.2, 0.25) is 0 Å². The lowest BCUT2D eigenvalue weighted by atomic mass is 10.1. The molecule has 0 saturated carbocycles. The number of β-lactam (4-membered cyclic amide) rings is 1. The predicted molar refractivity (Wildman–Crippen MR) is 87.5 cm³/mol. The van der Waals surface area contributed by atoms with Crippen LogP contribution in [-0.2, 0) is 4.79 Å². The number of para-hydroxylation sites is 1. The number of rotatable bonds is 3. The zero-order valence-electron chi connectivity index (χ0n) is 12.8. The second-order valence-electron chi connectivity index (χ2n) is 4.71. The summed E-state index contributed by atoms with van der Waals surface area (Å²) in [5, 5.41) is 0. The summed E-state index contributed by atoms with van der Waals surface area (Å²) < 4.78 is 9.94. The molecule has 2 aromatic rings. The molecule has 4 heteroatoms. The Hall–Kier alpha value is -2.75. The van der Waals surface area contributed by atoms with Gasteiger partial charge in [0.15, 0.2) is 0 Å². The topological polar surface area (TPSA) is 38.8 Å². The Morgan fingerprint density at radius 1 is 0.909 bits per heavy atom. The van der Waals surface area contributed by atoms with Gasteiger partial charge >= 0.3 is 0 Å². The molecule has 1 fully saturated rings. The first-order valence-corrected chi connectivity index (χ1v) is 6.88. The van der Waals surface area contributed by atoms with Gasteiger partial charge in [-0.05, 0) is 36.4 Å². The molecule has 0 N–H and O–H groups in total. The van der Waals surface area contributed by atoms with Crippen LogP contribution in [0.4, 0.5) is 5.69 Å². The molecule has 1 amide bonds. The summed E-state index contributed by atoms with van der Waals surface area (Å²) in [6.07, 6.45) is 0. The Morgan fingerprint density at radius 3 is 1.86 bits per heavy atom. The van der Waals surface area contributed by atoms with E-state index in [9.17, 15) is 4.79 Å². The Kier molecular flexibility index (Phi) is 5.20. The molecular formula is C18H19NO3. The molecule has 0 unspecified atom stereocenters. The molecule has 1 aliphatic rings. The van der Waals surface area contributed by atoms with Crippen LogP contribution >= 0.6 is 0 Å². The highest BCUT2D eigenvalue weighted by Crippen LogP contribution is 2.26. The third-order valence-electron chi connectivity index (χ3n) is 3.26. The molecule has 1 saturated heterocycles. The average molecular weight is 297 g/mol. The Morgan fingerprint density at radius 2 is 1.45 bits per heavy atom. The number of benzene rings is 2. The van der Waals surface area contributed by atoms with Crippen molar-refractivity contribution in [3.63, 3.8) is 0 Å². The van der Waals surface area contributed by atoms with Gasteiger partial charge in [-0.25, -0.2) is 0 Å². The van der Waals surface area contributed by atoms with Crippen LogP contribution in [0.1, 0.15) is 0 Å². The van der Waals surface area contributed by atoms with Crippen molar-refractivity contribution in [3.8, 4) is 11.5 Å². The highest BCUT2D eigenvalue weighted by Gasteiger charge is 2.29. The van der Waals surface area contributed by atoms with Crippen molar-refractivity contribution in [2.75, 3.05) is 25.7 Å². The zero-order valence-corrected chi connectivity index (χ0v) is 12.8. The van der Waals surface area contributed by atoms with E-state index in [0.29, 0.717) is 12.1 Å². The maximum absolute atomic E-state index is 11.3. The second-order valence-corrected chi connectivity index (χ2v) is 4.71. The van der Waals surface area contributed by atoms with E-state index >= 15 is 0 Å². The first-order chi connectivity index (χ1) is 10.7. The summed E-state index contributed by atoms with van der Waals surface area (Å²) in [6.45, 7) is 4.27. The molecule has 114 valence electrons. The summed E-state index contributed by atoms with van der Waals surface area (Å²) in [5.74, 6) is 1.71. The molecule has 4 nitrogen and oxygen atoms in total. The normalized spacial score (nSPS) is 12.9. The lowest BCUT2D eigenvalue weighted by Crippen LogP contribution is -2.45. The minimum absolute atomic E-state index is 0.00941. The summed E-state index contributed by atoms with van der Waals surface area (Å²) in [7, 11) is 3.28. The number of carbonyl (C=O) groups excluding carboxylic acids is 1. The second kappa shape index (κ2) is 7.31. The van der Waals surface area contributed by atoms with E-state index in [4.69, 9.17) is 9.47 Å². The first-order valence-electron chi connectivity index (χ1n) is 6.88. The van der Waals surface area contributed by atoms with E-state index in [-0.39, 0.29) is 5.91 Å². The third-order valence-corrected chi connectivity index (χ3v) is 3.26. The number of nitrogens with zero attached hydrogens (tertiary/aromatic N) is 1. The van der Waals surface area contributed by atoms with Gasteiger partial charge in [-0.3, -0.25) is 4.79 Å². The van der Waals surface area contributed by atoms with Crippen molar-refractivity contribution < 1.29 is 14.3 Å². The number of ether oxygens (including phenoxy) is 2. The molecule has 0 spiro atoms. The fraction of sp³-hybridized carbons (Fsp3) is 0.167. The number of hydrogen-bond donors (Lipinski definition) is 0. The average Bonchev–Trinajstić information content (AvgIpc) is 2.60. The van der Waals surface area contributed by atoms with E-state index in [1.165, 1.54) is 0 Å². The van der Waals surface area contributed by atoms with Crippen LogP contribution in [0.2, 0.25) is 0 Å². The molecule has 2 aromatic carbocycles. The van der Waals surface area contributed by atoms with Crippen molar-refractivity contribution in [3.05, 3.63) is 66.7 Å². The zero-order chi connectivity index (χ0) is 15.9. The largest absolute Gasteiger partial charge is 0.497 e. The fourth-order valence-electron chi connectivity index (χ4n) is 1.96. The molecule has 3 rings (SSSR count). The van der Waals surface area contributed by atoms with E-state index in [0.717, 1.165) is 17.2 Å². The van der Waals surface area contributed by atoms with Gasteiger partial charge < -0.3 is 14.4 Å². The molecule has 0 aromatic heterocycles. The maximum Gasteiger partial charge on any atom is 0.255 e. The summed E-state index contributed by atoms with van der Waals surface area (Å²) in [4.78, 5) is 13.0. The minimum Gasteiger partial charge on any atom is -0.497 e. The molecule has 22 heavy (non-hydrogen) atoms. The monoisotopic (exact) mass is 297 g/mol. The molecule has 1 heterocycles. The lowest BCUT2D eigenvalue weighted by molar-refractivity contribution is -0.117. The summed E-state index contributed by atoms with van der Waals surface area (Å²) in [6, 6.07) is 17.1. The van der Waals surface area contributed by atoms with Crippen LogP contribution in [0.5, 0.6) is 11.5 Å². The van der Waals surface area contributed by atoms with Crippen LogP contribution in [-0.4, -0.2) is 26.7 Å². The molecule has 1 aliphatic heterocycles. The van der Waals surface area contributed by atoms with Gasteiger partial charge in [-0.1, -0.05) is 24.8 Å². The fourth-order valence-corrected chi connectivity index (χ4v) is 1.96. The van der Waals surface area contributed by atoms with E-state index in [2.05, 4.69) is 6.58 Å². The van der Waals surface area contributed by atoms with Gasteiger partial charge in [0.25, 0.3) is 5.91 Å². The quantitative estimate of drug-likeness (QED) is 0.644. The third kappa shape index (κ3) is 3.67. The first kappa shape index (κ1) is 15.6. The molecule has 0 atom stereocenters. The number of carbonyl (C=O) groups is 1. The number of methoxy groups -OCH3 is 2. The highest BCUT2D eigenvalue weighted by molar-refractivity contribution is 6.13. The Labute approximate surface area is 130 Å². The van der Waals surface area contributed by atoms with Crippen LogP contribution in [0, 0.1) is 0 Å². The van der Waals surface area contributed by atoms with Crippen LogP contribution in [0.25, 0.3) is 0 Å². The van der Waals surface area contributed by atoms with E-state index in [1.807, 2.05) is 54.6 Å². The van der Waals surface area contributed by atoms with Gasteiger partial charge in [0, 0.05) is 11.3 Å². The van der Waals surface area contributed by atoms with Crippen LogP contribution in [0.3, 0.4) is 0 Å². The van der Waals surface area contributed by atoms with Crippen molar-refractivity contribution in [2.45, 2.75) is 0 Å². The maximum atomic E-state index is 11.3. The molecular weight excluding hydrogens is 278 g/mol. The summed E-state index contributed by atoms with van der Waals surface area (Å²) in [5.41, 5.74) is 1.56. The Bertz CT molecular complexity index is 635. The lowest BCUT2D eigenvalue weighted by Gasteiger charge is -2.32. The predicted octanol–water partition coefficient (Wildman–Crippen LogP) is 3.29. The molecule has 0 radical (unpaired) electrons. The number of amides is 1. The van der Waals surface area contributed by atoms with Crippen molar-refractivity contribution >= 4 is 11.6 Å². The number of anilines is 1. The van der Waals surface area contributed by atoms with Crippen molar-refractivity contribution in [2.24, 2.45) is 0 Å².